The van der Waals surface area contributed by atoms with Crippen molar-refractivity contribution >= 4 is 27.5 Å². The van der Waals surface area contributed by atoms with Crippen LogP contribution in [0.3, 0.4) is 0 Å². The molecule has 0 aliphatic carbocycles. The van der Waals surface area contributed by atoms with Crippen LogP contribution in [-0.4, -0.2) is 20.6 Å². The third-order valence-electron chi connectivity index (χ3n) is 1.71. The molecule has 2 nitrogen and oxygen atoms in total. The van der Waals surface area contributed by atoms with Crippen LogP contribution in [0.2, 0.25) is 0 Å². The number of hydrogen-bond donors (Lipinski definition) is 0. The maximum atomic E-state index is 11.1. The van der Waals surface area contributed by atoms with Crippen LogP contribution in [0.4, 0.5) is 0 Å². The van der Waals surface area contributed by atoms with Gasteiger partial charge in [0.2, 0.25) is 0 Å². The lowest BCUT2D eigenvalue weighted by molar-refractivity contribution is 0.602. The van der Waals surface area contributed by atoms with Crippen molar-refractivity contribution in [2.24, 2.45) is 0 Å². The summed E-state index contributed by atoms with van der Waals surface area (Å²) in [5.41, 5.74) is 0.943. The van der Waals surface area contributed by atoms with Gasteiger partial charge in [-0.3, -0.25) is 0 Å². The van der Waals surface area contributed by atoms with E-state index in [9.17, 15) is 8.42 Å². The zero-order valence-electron chi connectivity index (χ0n) is 7.77. The Morgan fingerprint density at radius 1 is 1.29 bits per heavy atom. The normalized spacial score (nSPS) is 12.1. The van der Waals surface area contributed by atoms with Crippen LogP contribution < -0.4 is 0 Å². The minimum absolute atomic E-state index is 0.334. The molecule has 0 aromatic heterocycles. The van der Waals surface area contributed by atoms with E-state index in [0.717, 1.165) is 5.56 Å². The average Bonchev–Trinajstić information content (AvgIpc) is 2.14. The van der Waals surface area contributed by atoms with Crippen molar-refractivity contribution in [1.82, 2.24) is 0 Å². The Morgan fingerprint density at radius 2 is 1.86 bits per heavy atom. The number of benzene rings is 1. The molecule has 1 aromatic carbocycles. The van der Waals surface area contributed by atoms with Crippen molar-refractivity contribution in [1.29, 1.82) is 0 Å². The third-order valence-corrected chi connectivity index (χ3v) is 3.01. The van der Waals surface area contributed by atoms with Crippen molar-refractivity contribution in [2.45, 2.75) is 4.90 Å². The molecular formula is C10H11ClO2S. The minimum Gasteiger partial charge on any atom is -0.224 e. The zero-order chi connectivity index (χ0) is 10.6. The number of halogens is 1. The molecule has 0 spiro atoms. The average molecular weight is 231 g/mol. The maximum absolute atomic E-state index is 11.1. The van der Waals surface area contributed by atoms with E-state index in [0.29, 0.717) is 10.8 Å². The Hall–Kier alpha value is -0.800. The predicted molar refractivity (Wildman–Crippen MR) is 59.3 cm³/mol. The summed E-state index contributed by atoms with van der Waals surface area (Å²) >= 11 is 5.47. The summed E-state index contributed by atoms with van der Waals surface area (Å²) in [5.74, 6) is 0.452. The van der Waals surface area contributed by atoms with E-state index in [-0.39, 0.29) is 0 Å². The minimum atomic E-state index is -3.09. The van der Waals surface area contributed by atoms with Crippen molar-refractivity contribution in [3.05, 3.63) is 35.9 Å². The summed E-state index contributed by atoms with van der Waals surface area (Å²) in [5, 5.41) is 0. The Kier molecular flexibility index (Phi) is 3.72. The molecule has 0 saturated heterocycles. The van der Waals surface area contributed by atoms with Gasteiger partial charge in [0, 0.05) is 12.1 Å². The maximum Gasteiger partial charge on any atom is 0.175 e. The predicted octanol–water partition coefficient (Wildman–Crippen LogP) is 2.34. The molecule has 4 heteroatoms. The number of sulfone groups is 1. The van der Waals surface area contributed by atoms with Gasteiger partial charge in [-0.15, -0.1) is 11.6 Å². The molecule has 1 aromatic rings. The van der Waals surface area contributed by atoms with Crippen molar-refractivity contribution in [3.63, 3.8) is 0 Å². The SMILES string of the molecule is CS(=O)(=O)c1ccc(/C=C/CCl)cc1. The van der Waals surface area contributed by atoms with E-state index in [1.165, 1.54) is 6.26 Å². The summed E-state index contributed by atoms with van der Waals surface area (Å²) in [6.45, 7) is 0. The molecule has 14 heavy (non-hydrogen) atoms. The quantitative estimate of drug-likeness (QED) is 0.747. The van der Waals surface area contributed by atoms with E-state index in [1.807, 2.05) is 6.08 Å². The second kappa shape index (κ2) is 4.62. The summed E-state index contributed by atoms with van der Waals surface area (Å²) in [4.78, 5) is 0.334. The molecule has 0 aliphatic rings. The Bertz CT molecular complexity index is 418. The van der Waals surface area contributed by atoms with E-state index < -0.39 is 9.84 Å². The third kappa shape index (κ3) is 3.16. The summed E-state index contributed by atoms with van der Waals surface area (Å²) in [6.07, 6.45) is 4.84. The van der Waals surface area contributed by atoms with Crippen LogP contribution >= 0.6 is 11.6 Å². The fourth-order valence-corrected chi connectivity index (χ4v) is 1.73. The lowest BCUT2D eigenvalue weighted by atomic mass is 10.2. The number of hydrogen-bond acceptors (Lipinski definition) is 2. The van der Waals surface area contributed by atoms with Gasteiger partial charge >= 0.3 is 0 Å². The second-order valence-electron chi connectivity index (χ2n) is 2.90. The summed E-state index contributed by atoms with van der Waals surface area (Å²) < 4.78 is 22.2. The van der Waals surface area contributed by atoms with Gasteiger partial charge in [0.25, 0.3) is 0 Å². The van der Waals surface area contributed by atoms with Gasteiger partial charge < -0.3 is 0 Å². The van der Waals surface area contributed by atoms with E-state index in [2.05, 4.69) is 0 Å². The molecule has 0 aliphatic heterocycles. The first-order valence-electron chi connectivity index (χ1n) is 4.06. The lowest BCUT2D eigenvalue weighted by Gasteiger charge is -1.98. The van der Waals surface area contributed by atoms with E-state index >= 15 is 0 Å². The summed E-state index contributed by atoms with van der Waals surface area (Å²) in [6, 6.07) is 6.67. The topological polar surface area (TPSA) is 34.1 Å². The molecule has 0 heterocycles. The highest BCUT2D eigenvalue weighted by molar-refractivity contribution is 7.90. The van der Waals surface area contributed by atoms with Crippen LogP contribution in [0.1, 0.15) is 5.56 Å². The molecule has 0 N–H and O–H groups in total. The molecule has 0 saturated carbocycles. The lowest BCUT2D eigenvalue weighted by Crippen LogP contribution is -1.95. The summed E-state index contributed by atoms with van der Waals surface area (Å²) in [7, 11) is -3.09. The van der Waals surface area contributed by atoms with Crippen LogP contribution in [0.15, 0.2) is 35.2 Å². The highest BCUT2D eigenvalue weighted by atomic mass is 35.5. The van der Waals surface area contributed by atoms with Crippen LogP contribution in [0.5, 0.6) is 0 Å². The standard InChI is InChI=1S/C10H11ClO2S/c1-14(12,13)10-6-4-9(5-7-10)3-2-8-11/h2-7H,8H2,1H3/b3-2+. The monoisotopic (exact) mass is 230 g/mol. The molecular weight excluding hydrogens is 220 g/mol. The first-order valence-corrected chi connectivity index (χ1v) is 6.49. The Morgan fingerprint density at radius 3 is 2.29 bits per heavy atom. The smallest absolute Gasteiger partial charge is 0.175 e. The Labute approximate surface area is 89.1 Å². The molecule has 1 rings (SSSR count). The van der Waals surface area contributed by atoms with Gasteiger partial charge in [-0.1, -0.05) is 24.3 Å². The molecule has 0 atom stereocenters. The second-order valence-corrected chi connectivity index (χ2v) is 5.22. The number of rotatable bonds is 3. The fourth-order valence-electron chi connectivity index (χ4n) is 1.01. The van der Waals surface area contributed by atoms with Crippen LogP contribution in [0, 0.1) is 0 Å². The van der Waals surface area contributed by atoms with Gasteiger partial charge in [0.15, 0.2) is 9.84 Å². The number of alkyl halides is 1. The van der Waals surface area contributed by atoms with Crippen molar-refractivity contribution in [3.8, 4) is 0 Å². The van der Waals surface area contributed by atoms with Crippen LogP contribution in [0.25, 0.3) is 6.08 Å². The first kappa shape index (κ1) is 11.3. The zero-order valence-corrected chi connectivity index (χ0v) is 9.35. The largest absolute Gasteiger partial charge is 0.224 e. The van der Waals surface area contributed by atoms with Crippen LogP contribution in [-0.2, 0) is 9.84 Å². The molecule has 0 unspecified atom stereocenters. The molecule has 0 fully saturated rings. The van der Waals surface area contributed by atoms with Crippen molar-refractivity contribution < 1.29 is 8.42 Å². The molecule has 0 radical (unpaired) electrons. The molecule has 0 bridgehead atoms. The van der Waals surface area contributed by atoms with Gasteiger partial charge in [0.05, 0.1) is 4.90 Å². The van der Waals surface area contributed by atoms with Crippen molar-refractivity contribution in [2.75, 3.05) is 12.1 Å². The van der Waals surface area contributed by atoms with Gasteiger partial charge in [-0.05, 0) is 17.7 Å². The highest BCUT2D eigenvalue weighted by Gasteiger charge is 2.04. The van der Waals surface area contributed by atoms with E-state index in [1.54, 1.807) is 30.3 Å². The Balaban J connectivity index is 2.95. The molecule has 0 amide bonds. The fraction of sp³-hybridized carbons (Fsp3) is 0.200. The highest BCUT2D eigenvalue weighted by Crippen LogP contribution is 2.11. The van der Waals surface area contributed by atoms with Gasteiger partial charge in [0.1, 0.15) is 0 Å². The van der Waals surface area contributed by atoms with Gasteiger partial charge in [-0.25, -0.2) is 8.42 Å². The number of allylic oxidation sites excluding steroid dienone is 1. The van der Waals surface area contributed by atoms with E-state index in [4.69, 9.17) is 11.6 Å². The van der Waals surface area contributed by atoms with Gasteiger partial charge in [-0.2, -0.15) is 0 Å². The molecule has 76 valence electrons. The first-order chi connectivity index (χ1) is 6.54.